The van der Waals surface area contributed by atoms with E-state index >= 15 is 0 Å². The fourth-order valence-electron chi connectivity index (χ4n) is 1.18. The lowest BCUT2D eigenvalue weighted by molar-refractivity contribution is 0.544. The van der Waals surface area contributed by atoms with Crippen LogP contribution in [0.2, 0.25) is 0 Å². The van der Waals surface area contributed by atoms with Crippen molar-refractivity contribution in [2.75, 3.05) is 0 Å². The van der Waals surface area contributed by atoms with E-state index in [0.29, 0.717) is 0 Å². The molecule has 2 heterocycles. The van der Waals surface area contributed by atoms with E-state index in [2.05, 4.69) is 21.0 Å². The second-order valence-corrected chi connectivity index (χ2v) is 3.26. The summed E-state index contributed by atoms with van der Waals surface area (Å²) in [6, 6.07) is 1.93. The summed E-state index contributed by atoms with van der Waals surface area (Å²) in [5.41, 5.74) is 1.81. The first-order valence-corrected chi connectivity index (χ1v) is 4.06. The summed E-state index contributed by atoms with van der Waals surface area (Å²) in [7, 11) is 1.87. The number of hydrogen-bond acceptors (Lipinski definition) is 2. The van der Waals surface area contributed by atoms with Gasteiger partial charge in [0.1, 0.15) is 0 Å². The number of aryl methyl sites for hydroxylation is 2. The number of fused-ring (bicyclic) bond motifs is 1. The van der Waals surface area contributed by atoms with Gasteiger partial charge in [0, 0.05) is 13.1 Å². The summed E-state index contributed by atoms with van der Waals surface area (Å²) in [5.74, 6) is 0. The van der Waals surface area contributed by atoms with Crippen LogP contribution in [0.15, 0.2) is 15.2 Å². The number of aromatic nitrogens is 2. The lowest BCUT2D eigenvalue weighted by Crippen LogP contribution is -1.88. The minimum atomic E-state index is 0.753. The van der Waals surface area contributed by atoms with Gasteiger partial charge in [-0.3, -0.25) is 0 Å². The van der Waals surface area contributed by atoms with Gasteiger partial charge in [-0.05, 0) is 22.9 Å². The van der Waals surface area contributed by atoms with E-state index in [0.717, 1.165) is 21.5 Å². The molecule has 0 fully saturated rings. The summed E-state index contributed by atoms with van der Waals surface area (Å²) in [4.78, 5) is 0. The predicted molar refractivity (Wildman–Crippen MR) is 45.4 cm³/mol. The molecule has 0 saturated carbocycles. The third-order valence-electron chi connectivity index (χ3n) is 1.67. The monoisotopic (exact) mass is 214 g/mol. The highest BCUT2D eigenvalue weighted by molar-refractivity contribution is 9.10. The molecule has 0 atom stereocenters. The van der Waals surface area contributed by atoms with Gasteiger partial charge in [-0.2, -0.15) is 5.10 Å². The van der Waals surface area contributed by atoms with Crippen molar-refractivity contribution < 1.29 is 4.42 Å². The van der Waals surface area contributed by atoms with Crippen LogP contribution in [0.4, 0.5) is 0 Å². The summed E-state index contributed by atoms with van der Waals surface area (Å²) in [6.07, 6.45) is 0. The Labute approximate surface area is 72.1 Å². The van der Waals surface area contributed by atoms with E-state index in [1.54, 1.807) is 4.68 Å². The van der Waals surface area contributed by atoms with Crippen molar-refractivity contribution in [3.8, 4) is 0 Å². The largest absolute Gasteiger partial charge is 0.431 e. The van der Waals surface area contributed by atoms with Gasteiger partial charge in [-0.1, -0.05) is 0 Å². The molecule has 11 heavy (non-hydrogen) atoms. The summed E-state index contributed by atoms with van der Waals surface area (Å²) < 4.78 is 7.82. The zero-order chi connectivity index (χ0) is 8.01. The zero-order valence-corrected chi connectivity index (χ0v) is 7.84. The quantitative estimate of drug-likeness (QED) is 0.674. The molecule has 2 rings (SSSR count). The first-order valence-electron chi connectivity index (χ1n) is 3.27. The molecule has 0 aliphatic carbocycles. The second-order valence-electron chi connectivity index (χ2n) is 2.48. The maximum Gasteiger partial charge on any atom is 0.226 e. The highest BCUT2D eigenvalue weighted by Gasteiger charge is 2.09. The third kappa shape index (κ3) is 0.894. The topological polar surface area (TPSA) is 31.0 Å². The highest BCUT2D eigenvalue weighted by Crippen LogP contribution is 2.24. The lowest BCUT2D eigenvalue weighted by Gasteiger charge is -1.85. The Morgan fingerprint density at radius 3 is 3.00 bits per heavy atom. The minimum absolute atomic E-state index is 0.753. The molecule has 58 valence electrons. The third-order valence-corrected chi connectivity index (χ3v) is 2.06. The van der Waals surface area contributed by atoms with Crippen molar-refractivity contribution >= 4 is 27.0 Å². The van der Waals surface area contributed by atoms with Gasteiger partial charge in [0.05, 0.1) is 11.1 Å². The Morgan fingerprint density at radius 2 is 2.36 bits per heavy atom. The van der Waals surface area contributed by atoms with Gasteiger partial charge >= 0.3 is 0 Å². The summed E-state index contributed by atoms with van der Waals surface area (Å²) >= 11 is 3.26. The van der Waals surface area contributed by atoms with Gasteiger partial charge in [0.25, 0.3) is 0 Å². The Kier molecular flexibility index (Phi) is 1.32. The lowest BCUT2D eigenvalue weighted by atomic mass is 10.3. The molecule has 0 N–H and O–H groups in total. The van der Waals surface area contributed by atoms with Gasteiger partial charge in [-0.15, -0.1) is 0 Å². The molecular formula is C7H7BrN2O. The maximum absolute atomic E-state index is 5.34. The van der Waals surface area contributed by atoms with Crippen molar-refractivity contribution in [2.24, 2.45) is 7.05 Å². The van der Waals surface area contributed by atoms with E-state index < -0.39 is 0 Å². The SMILES string of the molecule is Cc1nn(C)c2oc(Br)cc12. The van der Waals surface area contributed by atoms with E-state index in [9.17, 15) is 0 Å². The Bertz CT molecular complexity index is 367. The molecule has 2 aromatic heterocycles. The molecule has 0 aliphatic rings. The average Bonchev–Trinajstić information content (AvgIpc) is 2.38. The molecule has 0 amide bonds. The normalized spacial score (nSPS) is 11.2. The average molecular weight is 215 g/mol. The first kappa shape index (κ1) is 6.91. The molecule has 0 radical (unpaired) electrons. The Balaban J connectivity index is 2.92. The van der Waals surface area contributed by atoms with Crippen LogP contribution >= 0.6 is 15.9 Å². The van der Waals surface area contributed by atoms with Gasteiger partial charge < -0.3 is 4.42 Å². The molecular weight excluding hydrogens is 208 g/mol. The van der Waals surface area contributed by atoms with Crippen LogP contribution in [-0.4, -0.2) is 9.78 Å². The van der Waals surface area contributed by atoms with Gasteiger partial charge in [0.2, 0.25) is 5.71 Å². The maximum atomic E-state index is 5.34. The second kappa shape index (κ2) is 2.11. The van der Waals surface area contributed by atoms with Crippen LogP contribution in [-0.2, 0) is 7.05 Å². The van der Waals surface area contributed by atoms with Crippen LogP contribution in [0.5, 0.6) is 0 Å². The van der Waals surface area contributed by atoms with E-state index in [-0.39, 0.29) is 0 Å². The standard InChI is InChI=1S/C7H7BrN2O/c1-4-5-3-6(8)11-7(5)10(2)9-4/h3H,1-2H3. The molecule has 4 heteroatoms. The van der Waals surface area contributed by atoms with Crippen molar-refractivity contribution in [3.05, 3.63) is 16.4 Å². The number of furan rings is 1. The smallest absolute Gasteiger partial charge is 0.226 e. The number of hydrogen-bond donors (Lipinski definition) is 0. The van der Waals surface area contributed by atoms with Crippen molar-refractivity contribution in [2.45, 2.75) is 6.92 Å². The Morgan fingerprint density at radius 1 is 1.64 bits per heavy atom. The zero-order valence-electron chi connectivity index (χ0n) is 6.26. The van der Waals surface area contributed by atoms with Crippen LogP contribution < -0.4 is 0 Å². The number of rotatable bonds is 0. The van der Waals surface area contributed by atoms with E-state index in [4.69, 9.17) is 4.42 Å². The van der Waals surface area contributed by atoms with Crippen molar-refractivity contribution in [1.29, 1.82) is 0 Å². The Hall–Kier alpha value is -0.770. The van der Waals surface area contributed by atoms with Crippen LogP contribution in [0.3, 0.4) is 0 Å². The van der Waals surface area contributed by atoms with Gasteiger partial charge in [0.15, 0.2) is 4.67 Å². The first-order chi connectivity index (χ1) is 5.18. The summed E-state index contributed by atoms with van der Waals surface area (Å²) in [6.45, 7) is 1.96. The molecule has 0 aromatic carbocycles. The fourth-order valence-corrected chi connectivity index (χ4v) is 1.56. The van der Waals surface area contributed by atoms with Crippen LogP contribution in [0.1, 0.15) is 5.69 Å². The molecule has 2 aromatic rings. The fraction of sp³-hybridized carbons (Fsp3) is 0.286. The van der Waals surface area contributed by atoms with E-state index in [1.807, 2.05) is 20.0 Å². The predicted octanol–water partition coefficient (Wildman–Crippen LogP) is 2.24. The minimum Gasteiger partial charge on any atom is -0.431 e. The van der Waals surface area contributed by atoms with Crippen LogP contribution in [0.25, 0.3) is 11.1 Å². The van der Waals surface area contributed by atoms with Crippen molar-refractivity contribution in [3.63, 3.8) is 0 Å². The molecule has 0 bridgehead atoms. The molecule has 3 nitrogen and oxygen atoms in total. The highest BCUT2D eigenvalue weighted by atomic mass is 79.9. The molecule has 0 aliphatic heterocycles. The number of nitrogens with zero attached hydrogens (tertiary/aromatic N) is 2. The van der Waals surface area contributed by atoms with Gasteiger partial charge in [-0.25, -0.2) is 4.68 Å². The number of halogens is 1. The molecule has 0 unspecified atom stereocenters. The molecule has 0 saturated heterocycles. The van der Waals surface area contributed by atoms with E-state index in [1.165, 1.54) is 0 Å². The molecule has 0 spiro atoms. The summed E-state index contributed by atoms with van der Waals surface area (Å²) in [5, 5.41) is 5.26. The van der Waals surface area contributed by atoms with Crippen LogP contribution in [0, 0.1) is 6.92 Å². The van der Waals surface area contributed by atoms with Crippen molar-refractivity contribution in [1.82, 2.24) is 9.78 Å².